The monoisotopic (exact) mass is 270 g/mol. The second-order valence-corrected chi connectivity index (χ2v) is 4.18. The molecular weight excluding hydrogens is 256 g/mol. The fourth-order valence-electron chi connectivity index (χ4n) is 1.74. The van der Waals surface area contributed by atoms with Crippen LogP contribution in [0, 0.1) is 0 Å². The van der Waals surface area contributed by atoms with Crippen LogP contribution in [0.1, 0.15) is 22.8 Å². The zero-order chi connectivity index (χ0) is 14.5. The van der Waals surface area contributed by atoms with Gasteiger partial charge in [-0.1, -0.05) is 24.3 Å². The average Bonchev–Trinajstić information content (AvgIpc) is 2.45. The first-order valence-electron chi connectivity index (χ1n) is 6.00. The molecule has 0 unspecified atom stereocenters. The highest BCUT2D eigenvalue weighted by Gasteiger charge is 2.11. The summed E-state index contributed by atoms with van der Waals surface area (Å²) in [5, 5.41) is 23.3. The van der Waals surface area contributed by atoms with Crippen molar-refractivity contribution in [2.45, 2.75) is 6.92 Å². The SMILES string of the molecule is CC(=NNC(=O)c1ccccc1)c1c(O)cccc1O. The summed E-state index contributed by atoms with van der Waals surface area (Å²) in [4.78, 5) is 11.8. The van der Waals surface area contributed by atoms with Gasteiger partial charge < -0.3 is 10.2 Å². The Morgan fingerprint density at radius 1 is 1.00 bits per heavy atom. The molecule has 0 atom stereocenters. The number of hydrogen-bond donors (Lipinski definition) is 3. The number of nitrogens with one attached hydrogen (secondary N) is 1. The maximum atomic E-state index is 11.8. The fourth-order valence-corrected chi connectivity index (χ4v) is 1.74. The Morgan fingerprint density at radius 2 is 1.60 bits per heavy atom. The lowest BCUT2D eigenvalue weighted by Crippen LogP contribution is -2.19. The van der Waals surface area contributed by atoms with E-state index in [4.69, 9.17) is 0 Å². The van der Waals surface area contributed by atoms with Gasteiger partial charge in [0.1, 0.15) is 11.5 Å². The van der Waals surface area contributed by atoms with Crippen molar-refractivity contribution in [3.63, 3.8) is 0 Å². The smallest absolute Gasteiger partial charge is 0.271 e. The summed E-state index contributed by atoms with van der Waals surface area (Å²) in [6, 6.07) is 13.0. The molecule has 0 aliphatic carbocycles. The van der Waals surface area contributed by atoms with Crippen LogP contribution in [0.3, 0.4) is 0 Å². The Balaban J connectivity index is 2.18. The Morgan fingerprint density at radius 3 is 2.20 bits per heavy atom. The Hall–Kier alpha value is -2.82. The van der Waals surface area contributed by atoms with Crippen LogP contribution in [0.4, 0.5) is 0 Å². The van der Waals surface area contributed by atoms with E-state index < -0.39 is 0 Å². The van der Waals surface area contributed by atoms with Gasteiger partial charge in [-0.15, -0.1) is 0 Å². The second kappa shape index (κ2) is 5.88. The standard InChI is InChI=1S/C15H14N2O3/c1-10(14-12(18)8-5-9-13(14)19)16-17-15(20)11-6-3-2-4-7-11/h2-9,18-19H,1H3,(H,17,20). The lowest BCUT2D eigenvalue weighted by molar-refractivity contribution is 0.0955. The molecule has 3 N–H and O–H groups in total. The van der Waals surface area contributed by atoms with Gasteiger partial charge in [0, 0.05) is 5.56 Å². The van der Waals surface area contributed by atoms with Crippen molar-refractivity contribution >= 4 is 11.6 Å². The van der Waals surface area contributed by atoms with Crippen molar-refractivity contribution in [3.05, 3.63) is 59.7 Å². The molecule has 0 bridgehead atoms. The predicted molar refractivity (Wildman–Crippen MR) is 75.9 cm³/mol. The van der Waals surface area contributed by atoms with Crippen molar-refractivity contribution < 1.29 is 15.0 Å². The minimum Gasteiger partial charge on any atom is -0.507 e. The normalized spacial score (nSPS) is 11.2. The number of carbonyl (C=O) groups is 1. The molecule has 0 aromatic heterocycles. The summed E-state index contributed by atoms with van der Waals surface area (Å²) >= 11 is 0. The molecule has 5 nitrogen and oxygen atoms in total. The number of phenols is 2. The molecule has 0 fully saturated rings. The minimum atomic E-state index is -0.361. The van der Waals surface area contributed by atoms with Crippen LogP contribution in [0.5, 0.6) is 11.5 Å². The number of aromatic hydroxyl groups is 2. The molecule has 0 saturated carbocycles. The van der Waals surface area contributed by atoms with Gasteiger partial charge in [-0.25, -0.2) is 5.43 Å². The van der Waals surface area contributed by atoms with Gasteiger partial charge in [0.2, 0.25) is 0 Å². The molecule has 0 heterocycles. The van der Waals surface area contributed by atoms with Gasteiger partial charge in [0.05, 0.1) is 11.3 Å². The lowest BCUT2D eigenvalue weighted by atomic mass is 10.1. The fraction of sp³-hybridized carbons (Fsp3) is 0.0667. The first kappa shape index (κ1) is 13.6. The zero-order valence-corrected chi connectivity index (χ0v) is 10.9. The van der Waals surface area contributed by atoms with Crippen molar-refractivity contribution in [1.82, 2.24) is 5.43 Å². The molecule has 1 amide bonds. The van der Waals surface area contributed by atoms with E-state index in [1.54, 1.807) is 31.2 Å². The molecule has 0 radical (unpaired) electrons. The van der Waals surface area contributed by atoms with Crippen molar-refractivity contribution in [2.75, 3.05) is 0 Å². The van der Waals surface area contributed by atoms with Crippen molar-refractivity contribution in [1.29, 1.82) is 0 Å². The van der Waals surface area contributed by atoms with Gasteiger partial charge in [0.15, 0.2) is 0 Å². The Kier molecular flexibility index (Phi) is 4.00. The predicted octanol–water partition coefficient (Wildman–Crippen LogP) is 2.25. The number of rotatable bonds is 3. The molecule has 102 valence electrons. The summed E-state index contributed by atoms with van der Waals surface area (Å²) in [5.74, 6) is -0.555. The Bertz CT molecular complexity index is 631. The number of nitrogens with zero attached hydrogens (tertiary/aromatic N) is 1. The van der Waals surface area contributed by atoms with E-state index in [1.807, 2.05) is 6.07 Å². The molecule has 0 spiro atoms. The maximum Gasteiger partial charge on any atom is 0.271 e. The molecule has 2 rings (SSSR count). The van der Waals surface area contributed by atoms with Crippen LogP contribution in [0.2, 0.25) is 0 Å². The summed E-state index contributed by atoms with van der Waals surface area (Å²) in [7, 11) is 0. The minimum absolute atomic E-state index is 0.0970. The first-order chi connectivity index (χ1) is 9.59. The number of benzene rings is 2. The zero-order valence-electron chi connectivity index (χ0n) is 10.9. The van der Waals surface area contributed by atoms with E-state index in [0.29, 0.717) is 11.3 Å². The number of phenolic OH excluding ortho intramolecular Hbond substituents is 2. The quantitative estimate of drug-likeness (QED) is 0.591. The second-order valence-electron chi connectivity index (χ2n) is 4.18. The summed E-state index contributed by atoms with van der Waals surface area (Å²) < 4.78 is 0. The highest BCUT2D eigenvalue weighted by atomic mass is 16.3. The molecular formula is C15H14N2O3. The number of hydrogen-bond acceptors (Lipinski definition) is 4. The van der Waals surface area contributed by atoms with Gasteiger partial charge >= 0.3 is 0 Å². The van der Waals surface area contributed by atoms with Crippen molar-refractivity contribution in [3.8, 4) is 11.5 Å². The van der Waals surface area contributed by atoms with E-state index in [9.17, 15) is 15.0 Å². The van der Waals surface area contributed by atoms with Crippen LogP contribution in [-0.2, 0) is 0 Å². The topological polar surface area (TPSA) is 81.9 Å². The lowest BCUT2D eigenvalue weighted by Gasteiger charge is -2.07. The van der Waals surface area contributed by atoms with Gasteiger partial charge in [0.25, 0.3) is 5.91 Å². The first-order valence-corrected chi connectivity index (χ1v) is 6.00. The number of carbonyl (C=O) groups excluding carboxylic acids is 1. The van der Waals surface area contributed by atoms with Crippen molar-refractivity contribution in [2.24, 2.45) is 5.10 Å². The van der Waals surface area contributed by atoms with E-state index in [2.05, 4.69) is 10.5 Å². The van der Waals surface area contributed by atoms with E-state index in [-0.39, 0.29) is 23.0 Å². The molecule has 0 saturated heterocycles. The third kappa shape index (κ3) is 2.95. The molecule has 0 aliphatic rings. The highest BCUT2D eigenvalue weighted by molar-refractivity contribution is 6.04. The third-order valence-corrected chi connectivity index (χ3v) is 2.74. The third-order valence-electron chi connectivity index (χ3n) is 2.74. The van der Waals surface area contributed by atoms with Crippen LogP contribution in [0.15, 0.2) is 53.6 Å². The number of amides is 1. The summed E-state index contributed by atoms with van der Waals surface area (Å²) in [6.07, 6.45) is 0. The Labute approximate surface area is 116 Å². The van der Waals surface area contributed by atoms with Crippen LogP contribution in [0.25, 0.3) is 0 Å². The van der Waals surface area contributed by atoms with Gasteiger partial charge in [-0.05, 0) is 31.2 Å². The highest BCUT2D eigenvalue weighted by Crippen LogP contribution is 2.26. The van der Waals surface area contributed by atoms with E-state index >= 15 is 0 Å². The summed E-state index contributed by atoms with van der Waals surface area (Å²) in [5.41, 5.74) is 3.36. The summed E-state index contributed by atoms with van der Waals surface area (Å²) in [6.45, 7) is 1.58. The van der Waals surface area contributed by atoms with E-state index in [0.717, 1.165) is 0 Å². The maximum absolute atomic E-state index is 11.8. The molecule has 5 heteroatoms. The molecule has 2 aromatic carbocycles. The average molecular weight is 270 g/mol. The largest absolute Gasteiger partial charge is 0.507 e. The molecule has 0 aliphatic heterocycles. The molecule has 20 heavy (non-hydrogen) atoms. The van der Waals surface area contributed by atoms with Gasteiger partial charge in [-0.3, -0.25) is 4.79 Å². The van der Waals surface area contributed by atoms with Crippen LogP contribution < -0.4 is 5.43 Å². The van der Waals surface area contributed by atoms with Gasteiger partial charge in [-0.2, -0.15) is 5.10 Å². The van der Waals surface area contributed by atoms with Crippen LogP contribution >= 0.6 is 0 Å². The molecule has 2 aromatic rings. The number of hydrazone groups is 1. The van der Waals surface area contributed by atoms with E-state index in [1.165, 1.54) is 18.2 Å². The van der Waals surface area contributed by atoms with Crippen LogP contribution in [-0.4, -0.2) is 21.8 Å².